The first-order valence-electron chi connectivity index (χ1n) is 5.46. The molecule has 0 spiro atoms. The third-order valence-electron chi connectivity index (χ3n) is 2.30. The molecule has 0 aromatic heterocycles. The van der Waals surface area contributed by atoms with E-state index in [4.69, 9.17) is 4.74 Å². The number of urea groups is 1. The van der Waals surface area contributed by atoms with Gasteiger partial charge in [0.1, 0.15) is 0 Å². The molecule has 2 N–H and O–H groups in total. The van der Waals surface area contributed by atoms with Crippen molar-refractivity contribution < 1.29 is 9.53 Å². The van der Waals surface area contributed by atoms with Crippen LogP contribution in [0.4, 0.5) is 4.79 Å². The predicted octanol–water partition coefficient (Wildman–Crippen LogP) is 1.26. The SMILES string of the molecule is CCCNC(=O)NCC1CCCCO1. The quantitative estimate of drug-likeness (QED) is 0.718. The second-order valence-corrected chi connectivity index (χ2v) is 3.63. The number of rotatable bonds is 4. The van der Waals surface area contributed by atoms with Crippen LogP contribution in [0.1, 0.15) is 32.6 Å². The summed E-state index contributed by atoms with van der Waals surface area (Å²) in [6.45, 7) is 4.24. The monoisotopic (exact) mass is 200 g/mol. The summed E-state index contributed by atoms with van der Waals surface area (Å²) < 4.78 is 5.49. The van der Waals surface area contributed by atoms with E-state index < -0.39 is 0 Å². The molecule has 1 fully saturated rings. The zero-order valence-electron chi connectivity index (χ0n) is 8.84. The molecule has 0 aromatic rings. The van der Waals surface area contributed by atoms with Crippen molar-refractivity contribution in [2.45, 2.75) is 38.7 Å². The summed E-state index contributed by atoms with van der Waals surface area (Å²) in [7, 11) is 0. The highest BCUT2D eigenvalue weighted by Crippen LogP contribution is 2.11. The Hall–Kier alpha value is -0.770. The minimum absolute atomic E-state index is 0.0824. The highest BCUT2D eigenvalue weighted by molar-refractivity contribution is 5.73. The molecule has 1 aliphatic rings. The Morgan fingerprint density at radius 1 is 1.43 bits per heavy atom. The average Bonchev–Trinajstić information content (AvgIpc) is 2.25. The Morgan fingerprint density at radius 2 is 2.29 bits per heavy atom. The Labute approximate surface area is 85.4 Å². The summed E-state index contributed by atoms with van der Waals surface area (Å²) in [6, 6.07) is -0.0824. The molecular weight excluding hydrogens is 180 g/mol. The fraction of sp³-hybridized carbons (Fsp3) is 0.900. The number of carbonyl (C=O) groups is 1. The highest BCUT2D eigenvalue weighted by Gasteiger charge is 2.14. The maximum absolute atomic E-state index is 11.2. The fourth-order valence-corrected chi connectivity index (χ4v) is 1.48. The molecule has 0 aliphatic carbocycles. The van der Waals surface area contributed by atoms with Crippen molar-refractivity contribution in [2.75, 3.05) is 19.7 Å². The van der Waals surface area contributed by atoms with E-state index in [1.54, 1.807) is 0 Å². The maximum Gasteiger partial charge on any atom is 0.314 e. The third kappa shape index (κ3) is 4.46. The summed E-state index contributed by atoms with van der Waals surface area (Å²) in [4.78, 5) is 11.2. The Kier molecular flexibility index (Phi) is 5.37. The first-order chi connectivity index (χ1) is 6.83. The predicted molar refractivity (Wildman–Crippen MR) is 55.3 cm³/mol. The summed E-state index contributed by atoms with van der Waals surface area (Å²) in [5, 5.41) is 5.58. The van der Waals surface area contributed by atoms with Gasteiger partial charge in [-0.3, -0.25) is 0 Å². The van der Waals surface area contributed by atoms with Gasteiger partial charge in [-0.25, -0.2) is 4.79 Å². The van der Waals surface area contributed by atoms with E-state index in [0.29, 0.717) is 6.54 Å². The molecule has 0 bridgehead atoms. The van der Waals surface area contributed by atoms with Gasteiger partial charge in [0, 0.05) is 19.7 Å². The van der Waals surface area contributed by atoms with Crippen molar-refractivity contribution in [3.63, 3.8) is 0 Å². The lowest BCUT2D eigenvalue weighted by molar-refractivity contribution is 0.0185. The zero-order chi connectivity index (χ0) is 10.2. The van der Waals surface area contributed by atoms with Crippen LogP contribution in [0.25, 0.3) is 0 Å². The summed E-state index contributed by atoms with van der Waals surface area (Å²) in [6.07, 6.45) is 4.61. The lowest BCUT2D eigenvalue weighted by atomic mass is 10.1. The van der Waals surface area contributed by atoms with Gasteiger partial charge in [-0.15, -0.1) is 0 Å². The molecular formula is C10H20N2O2. The van der Waals surface area contributed by atoms with Crippen LogP contribution in [0.3, 0.4) is 0 Å². The van der Waals surface area contributed by atoms with E-state index in [9.17, 15) is 4.79 Å². The number of nitrogens with one attached hydrogen (secondary N) is 2. The largest absolute Gasteiger partial charge is 0.376 e. The number of carbonyl (C=O) groups excluding carboxylic acids is 1. The topological polar surface area (TPSA) is 50.4 Å². The molecule has 82 valence electrons. The molecule has 14 heavy (non-hydrogen) atoms. The molecule has 1 aliphatic heterocycles. The summed E-state index contributed by atoms with van der Waals surface area (Å²) in [5.41, 5.74) is 0. The van der Waals surface area contributed by atoms with Crippen molar-refractivity contribution in [1.29, 1.82) is 0 Å². The van der Waals surface area contributed by atoms with Crippen LogP contribution in [-0.2, 0) is 4.74 Å². The normalized spacial score (nSPS) is 21.6. The van der Waals surface area contributed by atoms with Crippen LogP contribution in [0.5, 0.6) is 0 Å². The van der Waals surface area contributed by atoms with Crippen LogP contribution in [-0.4, -0.2) is 31.8 Å². The first-order valence-corrected chi connectivity index (χ1v) is 5.46. The van der Waals surface area contributed by atoms with Crippen molar-refractivity contribution in [3.8, 4) is 0 Å². The molecule has 0 radical (unpaired) electrons. The molecule has 0 aromatic carbocycles. The lowest BCUT2D eigenvalue weighted by Gasteiger charge is -2.22. The van der Waals surface area contributed by atoms with Gasteiger partial charge in [-0.1, -0.05) is 6.92 Å². The summed E-state index contributed by atoms with van der Waals surface area (Å²) >= 11 is 0. The molecule has 2 amide bonds. The van der Waals surface area contributed by atoms with Gasteiger partial charge in [0.05, 0.1) is 6.10 Å². The molecule has 1 unspecified atom stereocenters. The Balaban J connectivity index is 2.03. The second-order valence-electron chi connectivity index (χ2n) is 3.63. The number of amides is 2. The maximum atomic E-state index is 11.2. The molecule has 4 heteroatoms. The van der Waals surface area contributed by atoms with Gasteiger partial charge in [-0.05, 0) is 25.7 Å². The van der Waals surface area contributed by atoms with Crippen LogP contribution in [0, 0.1) is 0 Å². The number of hydrogen-bond donors (Lipinski definition) is 2. The van der Waals surface area contributed by atoms with Crippen molar-refractivity contribution >= 4 is 6.03 Å². The minimum Gasteiger partial charge on any atom is -0.376 e. The van der Waals surface area contributed by atoms with Crippen molar-refractivity contribution in [1.82, 2.24) is 10.6 Å². The van der Waals surface area contributed by atoms with E-state index in [1.165, 1.54) is 6.42 Å². The van der Waals surface area contributed by atoms with Gasteiger partial charge in [0.25, 0.3) is 0 Å². The average molecular weight is 200 g/mol. The van der Waals surface area contributed by atoms with Gasteiger partial charge in [-0.2, -0.15) is 0 Å². The molecule has 1 atom stereocenters. The van der Waals surface area contributed by atoms with Crippen LogP contribution in [0.15, 0.2) is 0 Å². The van der Waals surface area contributed by atoms with E-state index in [1.807, 2.05) is 6.92 Å². The van der Waals surface area contributed by atoms with Gasteiger partial charge < -0.3 is 15.4 Å². The van der Waals surface area contributed by atoms with E-state index in [-0.39, 0.29) is 12.1 Å². The highest BCUT2D eigenvalue weighted by atomic mass is 16.5. The molecule has 1 heterocycles. The van der Waals surface area contributed by atoms with Crippen LogP contribution < -0.4 is 10.6 Å². The fourth-order valence-electron chi connectivity index (χ4n) is 1.48. The molecule has 1 rings (SSSR count). The van der Waals surface area contributed by atoms with E-state index >= 15 is 0 Å². The Morgan fingerprint density at radius 3 is 2.93 bits per heavy atom. The van der Waals surface area contributed by atoms with Gasteiger partial charge in [0.2, 0.25) is 0 Å². The first kappa shape index (κ1) is 11.3. The minimum atomic E-state index is -0.0824. The standard InChI is InChI=1S/C10H20N2O2/c1-2-6-11-10(13)12-8-9-5-3-4-7-14-9/h9H,2-8H2,1H3,(H2,11,12,13). The van der Waals surface area contributed by atoms with Crippen LogP contribution >= 0.6 is 0 Å². The number of hydrogen-bond acceptors (Lipinski definition) is 2. The molecule has 0 saturated carbocycles. The van der Waals surface area contributed by atoms with E-state index in [0.717, 1.165) is 32.4 Å². The van der Waals surface area contributed by atoms with Crippen molar-refractivity contribution in [2.24, 2.45) is 0 Å². The van der Waals surface area contributed by atoms with E-state index in [2.05, 4.69) is 10.6 Å². The van der Waals surface area contributed by atoms with Gasteiger partial charge >= 0.3 is 6.03 Å². The summed E-state index contributed by atoms with van der Waals surface area (Å²) in [5.74, 6) is 0. The zero-order valence-corrected chi connectivity index (χ0v) is 8.84. The molecule has 1 saturated heterocycles. The lowest BCUT2D eigenvalue weighted by Crippen LogP contribution is -2.41. The van der Waals surface area contributed by atoms with Gasteiger partial charge in [0.15, 0.2) is 0 Å². The number of ether oxygens (including phenoxy) is 1. The van der Waals surface area contributed by atoms with Crippen molar-refractivity contribution in [3.05, 3.63) is 0 Å². The third-order valence-corrected chi connectivity index (χ3v) is 2.30. The van der Waals surface area contributed by atoms with Crippen LogP contribution in [0.2, 0.25) is 0 Å². The molecule has 4 nitrogen and oxygen atoms in total. The smallest absolute Gasteiger partial charge is 0.314 e. The second kappa shape index (κ2) is 6.65. The Bertz CT molecular complexity index is 168.